The first-order valence-corrected chi connectivity index (χ1v) is 6.30. The smallest absolute Gasteiger partial charge is 0.270 e. The molecule has 0 aliphatic rings. The van der Waals surface area contributed by atoms with Gasteiger partial charge >= 0.3 is 0 Å². The summed E-state index contributed by atoms with van der Waals surface area (Å²) in [6.45, 7) is 3.84. The molecule has 0 heterocycles. The zero-order valence-corrected chi connectivity index (χ0v) is 11.7. The Balaban J connectivity index is 2.31. The number of non-ortho nitro benzene ring substituents is 1. The zero-order chi connectivity index (χ0) is 15.6. The third-order valence-electron chi connectivity index (χ3n) is 2.97. The van der Waals surface area contributed by atoms with E-state index in [2.05, 4.69) is 5.32 Å². The third-order valence-corrected chi connectivity index (χ3v) is 2.97. The summed E-state index contributed by atoms with van der Waals surface area (Å²) >= 11 is 0. The number of nitrogens with zero attached hydrogens (tertiary/aromatic N) is 1. The lowest BCUT2D eigenvalue weighted by molar-refractivity contribution is -0.384. The van der Waals surface area contributed by atoms with E-state index < -0.39 is 10.8 Å². The molecule has 0 bridgehead atoms. The van der Waals surface area contributed by atoms with E-state index in [-0.39, 0.29) is 16.9 Å². The van der Waals surface area contributed by atoms with Gasteiger partial charge in [-0.25, -0.2) is 0 Å². The van der Waals surface area contributed by atoms with Crippen molar-refractivity contribution in [2.75, 3.05) is 11.1 Å². The molecule has 3 N–H and O–H groups in total. The van der Waals surface area contributed by atoms with Gasteiger partial charge in [0.25, 0.3) is 11.6 Å². The normalized spacial score (nSPS) is 10.2. The van der Waals surface area contributed by atoms with Crippen LogP contribution >= 0.6 is 0 Å². The number of aryl methyl sites for hydroxylation is 2. The van der Waals surface area contributed by atoms with Crippen molar-refractivity contribution in [1.29, 1.82) is 0 Å². The SMILES string of the molecule is Cc1cc(C)cc(NC(=O)c2cc([N+](=O)[O-])ccc2N)c1. The Morgan fingerprint density at radius 1 is 1.14 bits per heavy atom. The molecule has 6 nitrogen and oxygen atoms in total. The molecule has 0 fully saturated rings. The number of nitro groups is 1. The Morgan fingerprint density at radius 3 is 2.33 bits per heavy atom. The topological polar surface area (TPSA) is 98.3 Å². The van der Waals surface area contributed by atoms with Gasteiger partial charge in [-0.15, -0.1) is 0 Å². The number of benzene rings is 2. The molecular formula is C15H15N3O3. The Bertz CT molecular complexity index is 706. The van der Waals surface area contributed by atoms with Gasteiger partial charge in [0.2, 0.25) is 0 Å². The number of nitrogens with two attached hydrogens (primary N) is 1. The second-order valence-corrected chi connectivity index (χ2v) is 4.86. The Hall–Kier alpha value is -2.89. The van der Waals surface area contributed by atoms with E-state index >= 15 is 0 Å². The summed E-state index contributed by atoms with van der Waals surface area (Å²) in [5.41, 5.74) is 8.48. The second kappa shape index (κ2) is 5.62. The van der Waals surface area contributed by atoms with Gasteiger partial charge in [0, 0.05) is 23.5 Å². The van der Waals surface area contributed by atoms with E-state index in [1.165, 1.54) is 18.2 Å². The number of amides is 1. The molecular weight excluding hydrogens is 270 g/mol. The molecule has 0 spiro atoms. The minimum absolute atomic E-state index is 0.0864. The van der Waals surface area contributed by atoms with E-state index in [0.717, 1.165) is 11.1 Å². The maximum Gasteiger partial charge on any atom is 0.270 e. The maximum absolute atomic E-state index is 12.2. The van der Waals surface area contributed by atoms with Crippen molar-refractivity contribution in [1.82, 2.24) is 0 Å². The van der Waals surface area contributed by atoms with Crippen LogP contribution in [-0.2, 0) is 0 Å². The fraction of sp³-hybridized carbons (Fsp3) is 0.133. The molecule has 2 rings (SSSR count). The van der Waals surface area contributed by atoms with Crippen molar-refractivity contribution in [3.05, 3.63) is 63.2 Å². The minimum atomic E-state index is -0.562. The Kier molecular flexibility index (Phi) is 3.89. The summed E-state index contributed by atoms with van der Waals surface area (Å²) in [4.78, 5) is 22.4. The van der Waals surface area contributed by atoms with Crippen LogP contribution in [0.2, 0.25) is 0 Å². The maximum atomic E-state index is 12.2. The molecule has 2 aromatic carbocycles. The Morgan fingerprint density at radius 2 is 1.76 bits per heavy atom. The lowest BCUT2D eigenvalue weighted by Gasteiger charge is -2.09. The van der Waals surface area contributed by atoms with Crippen LogP contribution in [0.15, 0.2) is 36.4 Å². The number of rotatable bonds is 3. The van der Waals surface area contributed by atoms with Crippen LogP contribution in [0.25, 0.3) is 0 Å². The van der Waals surface area contributed by atoms with Crippen molar-refractivity contribution < 1.29 is 9.72 Å². The monoisotopic (exact) mass is 285 g/mol. The second-order valence-electron chi connectivity index (χ2n) is 4.86. The van der Waals surface area contributed by atoms with Crippen LogP contribution in [0, 0.1) is 24.0 Å². The van der Waals surface area contributed by atoms with Gasteiger partial charge in [-0.2, -0.15) is 0 Å². The minimum Gasteiger partial charge on any atom is -0.398 e. The molecule has 0 aromatic heterocycles. The molecule has 0 atom stereocenters. The zero-order valence-electron chi connectivity index (χ0n) is 11.7. The van der Waals surface area contributed by atoms with Gasteiger partial charge < -0.3 is 11.1 Å². The molecule has 0 radical (unpaired) electrons. The fourth-order valence-electron chi connectivity index (χ4n) is 2.10. The molecule has 0 saturated carbocycles. The number of carbonyl (C=O) groups excluding carboxylic acids is 1. The number of anilines is 2. The van der Waals surface area contributed by atoms with Crippen LogP contribution < -0.4 is 11.1 Å². The Labute approximate surface area is 121 Å². The van der Waals surface area contributed by atoms with Crippen molar-refractivity contribution in [2.24, 2.45) is 0 Å². The highest BCUT2D eigenvalue weighted by Crippen LogP contribution is 2.21. The number of nitrogens with one attached hydrogen (secondary N) is 1. The summed E-state index contributed by atoms with van der Waals surface area (Å²) in [6.07, 6.45) is 0. The summed E-state index contributed by atoms with van der Waals surface area (Å²) in [5.74, 6) is -0.471. The van der Waals surface area contributed by atoms with E-state index in [1.54, 1.807) is 0 Å². The van der Waals surface area contributed by atoms with Crippen molar-refractivity contribution in [3.8, 4) is 0 Å². The first-order valence-electron chi connectivity index (χ1n) is 6.30. The quantitative estimate of drug-likeness (QED) is 0.514. The number of nitro benzene ring substituents is 1. The van der Waals surface area contributed by atoms with E-state index in [4.69, 9.17) is 5.73 Å². The van der Waals surface area contributed by atoms with Crippen LogP contribution in [0.3, 0.4) is 0 Å². The molecule has 0 saturated heterocycles. The van der Waals surface area contributed by atoms with Gasteiger partial charge in [-0.05, 0) is 43.2 Å². The number of hydrogen-bond donors (Lipinski definition) is 2. The van der Waals surface area contributed by atoms with Crippen LogP contribution in [0.1, 0.15) is 21.5 Å². The average molecular weight is 285 g/mol. The first kappa shape index (κ1) is 14.5. The molecule has 6 heteroatoms. The number of hydrogen-bond acceptors (Lipinski definition) is 4. The predicted octanol–water partition coefficient (Wildman–Crippen LogP) is 3.05. The van der Waals surface area contributed by atoms with Crippen molar-refractivity contribution in [3.63, 3.8) is 0 Å². The van der Waals surface area contributed by atoms with Crippen LogP contribution in [0.4, 0.5) is 17.1 Å². The largest absolute Gasteiger partial charge is 0.398 e. The predicted molar refractivity (Wildman–Crippen MR) is 81.4 cm³/mol. The molecule has 0 aliphatic heterocycles. The van der Waals surface area contributed by atoms with Crippen molar-refractivity contribution in [2.45, 2.75) is 13.8 Å². The highest BCUT2D eigenvalue weighted by molar-refractivity contribution is 6.08. The van der Waals surface area contributed by atoms with Crippen LogP contribution in [-0.4, -0.2) is 10.8 Å². The van der Waals surface area contributed by atoms with E-state index in [9.17, 15) is 14.9 Å². The lowest BCUT2D eigenvalue weighted by atomic mass is 10.1. The molecule has 2 aromatic rings. The van der Waals surface area contributed by atoms with Gasteiger partial charge in [0.1, 0.15) is 0 Å². The number of carbonyl (C=O) groups is 1. The summed E-state index contributed by atoms with van der Waals surface area (Å²) in [7, 11) is 0. The first-order chi connectivity index (χ1) is 9.86. The highest BCUT2D eigenvalue weighted by atomic mass is 16.6. The highest BCUT2D eigenvalue weighted by Gasteiger charge is 2.15. The molecule has 1 amide bonds. The van der Waals surface area contributed by atoms with Crippen LogP contribution in [0.5, 0.6) is 0 Å². The van der Waals surface area contributed by atoms with E-state index in [1.807, 2.05) is 32.0 Å². The summed E-state index contributed by atoms with van der Waals surface area (Å²) in [6, 6.07) is 9.42. The van der Waals surface area contributed by atoms with Gasteiger partial charge in [0.05, 0.1) is 10.5 Å². The third kappa shape index (κ3) is 3.36. The molecule has 0 aliphatic carbocycles. The molecule has 108 valence electrons. The van der Waals surface area contributed by atoms with E-state index in [0.29, 0.717) is 5.69 Å². The molecule has 0 unspecified atom stereocenters. The fourth-order valence-corrected chi connectivity index (χ4v) is 2.10. The summed E-state index contributed by atoms with van der Waals surface area (Å²) < 4.78 is 0. The van der Waals surface area contributed by atoms with Gasteiger partial charge in [-0.3, -0.25) is 14.9 Å². The average Bonchev–Trinajstić information content (AvgIpc) is 2.37. The molecule has 21 heavy (non-hydrogen) atoms. The lowest BCUT2D eigenvalue weighted by Crippen LogP contribution is -2.14. The van der Waals surface area contributed by atoms with Gasteiger partial charge in [-0.1, -0.05) is 6.07 Å². The standard InChI is InChI=1S/C15H15N3O3/c1-9-5-10(2)7-11(6-9)17-15(19)13-8-12(18(20)21)3-4-14(13)16/h3-8H,16H2,1-2H3,(H,17,19). The van der Waals surface area contributed by atoms with Crippen molar-refractivity contribution >= 4 is 23.0 Å². The number of nitrogen functional groups attached to an aromatic ring is 1. The summed E-state index contributed by atoms with van der Waals surface area (Å²) in [5, 5.41) is 13.5. The van der Waals surface area contributed by atoms with Gasteiger partial charge in [0.15, 0.2) is 0 Å².